The second kappa shape index (κ2) is 6.96. The largest absolute Gasteiger partial charge is 0.494 e. The molecule has 2 atom stereocenters. The number of hydrogen-bond acceptors (Lipinski definition) is 4. The molecular formula is C13H18FNO3. The molecule has 1 aromatic rings. The molecule has 0 saturated heterocycles. The topological polar surface area (TPSA) is 61.5 Å². The maximum absolute atomic E-state index is 13.7. The summed E-state index contributed by atoms with van der Waals surface area (Å²) in [7, 11) is 0. The Morgan fingerprint density at radius 3 is 2.39 bits per heavy atom. The van der Waals surface area contributed by atoms with Crippen molar-refractivity contribution in [2.75, 3.05) is 13.2 Å². The van der Waals surface area contributed by atoms with Crippen LogP contribution in [0.5, 0.6) is 5.75 Å². The molecule has 0 fully saturated rings. The number of hydrogen-bond donors (Lipinski definition) is 1. The first-order chi connectivity index (χ1) is 8.60. The van der Waals surface area contributed by atoms with E-state index in [0.717, 1.165) is 0 Å². The lowest BCUT2D eigenvalue weighted by Crippen LogP contribution is -2.31. The Hall–Kier alpha value is -1.62. The van der Waals surface area contributed by atoms with E-state index in [0.29, 0.717) is 17.9 Å². The summed E-state index contributed by atoms with van der Waals surface area (Å²) in [4.78, 5) is 11.2. The molecule has 1 aromatic carbocycles. The van der Waals surface area contributed by atoms with Crippen molar-refractivity contribution in [2.24, 2.45) is 5.73 Å². The summed E-state index contributed by atoms with van der Waals surface area (Å²) >= 11 is 0. The minimum atomic E-state index is -1.86. The minimum absolute atomic E-state index is 0.134. The summed E-state index contributed by atoms with van der Waals surface area (Å²) < 4.78 is 23.5. The van der Waals surface area contributed by atoms with Crippen LogP contribution in [-0.4, -0.2) is 25.4 Å². The molecule has 0 spiro atoms. The highest BCUT2D eigenvalue weighted by atomic mass is 19.1. The van der Waals surface area contributed by atoms with Crippen LogP contribution in [0.15, 0.2) is 24.3 Å². The van der Waals surface area contributed by atoms with Crippen LogP contribution in [0.4, 0.5) is 4.39 Å². The molecule has 5 heteroatoms. The second-order valence-corrected chi connectivity index (χ2v) is 3.68. The SMILES string of the molecule is CCOC(=O)C(F)[C@@H](N)c1ccc(OCC)cc1. The zero-order chi connectivity index (χ0) is 13.5. The van der Waals surface area contributed by atoms with Gasteiger partial charge in [0.05, 0.1) is 19.3 Å². The Bertz CT molecular complexity index is 380. The molecule has 1 unspecified atom stereocenters. The fraction of sp³-hybridized carbons (Fsp3) is 0.462. The summed E-state index contributed by atoms with van der Waals surface area (Å²) in [6.45, 7) is 4.18. The third-order valence-corrected chi connectivity index (χ3v) is 2.40. The molecule has 18 heavy (non-hydrogen) atoms. The van der Waals surface area contributed by atoms with Gasteiger partial charge in [0.25, 0.3) is 0 Å². The number of ether oxygens (including phenoxy) is 2. The molecule has 0 aromatic heterocycles. The zero-order valence-corrected chi connectivity index (χ0v) is 10.6. The summed E-state index contributed by atoms with van der Waals surface area (Å²) in [6.07, 6.45) is -1.86. The summed E-state index contributed by atoms with van der Waals surface area (Å²) in [5.74, 6) is -0.251. The first-order valence-corrected chi connectivity index (χ1v) is 5.89. The lowest BCUT2D eigenvalue weighted by Gasteiger charge is -2.16. The number of alkyl halides is 1. The monoisotopic (exact) mass is 255 g/mol. The van der Waals surface area contributed by atoms with Crippen LogP contribution in [-0.2, 0) is 9.53 Å². The average molecular weight is 255 g/mol. The molecular weight excluding hydrogens is 237 g/mol. The fourth-order valence-corrected chi connectivity index (χ4v) is 1.49. The van der Waals surface area contributed by atoms with Crippen molar-refractivity contribution in [2.45, 2.75) is 26.1 Å². The number of carbonyl (C=O) groups excluding carboxylic acids is 1. The maximum Gasteiger partial charge on any atom is 0.342 e. The van der Waals surface area contributed by atoms with Crippen LogP contribution in [0.1, 0.15) is 25.5 Å². The average Bonchev–Trinajstić information content (AvgIpc) is 2.38. The van der Waals surface area contributed by atoms with Gasteiger partial charge in [-0.2, -0.15) is 0 Å². The van der Waals surface area contributed by atoms with Gasteiger partial charge >= 0.3 is 5.97 Å². The highest BCUT2D eigenvalue weighted by Crippen LogP contribution is 2.21. The van der Waals surface area contributed by atoms with Crippen molar-refractivity contribution >= 4 is 5.97 Å². The van der Waals surface area contributed by atoms with Crippen molar-refractivity contribution < 1.29 is 18.7 Å². The van der Waals surface area contributed by atoms with Gasteiger partial charge in [-0.25, -0.2) is 9.18 Å². The van der Waals surface area contributed by atoms with Crippen LogP contribution in [0, 0.1) is 0 Å². The van der Waals surface area contributed by atoms with E-state index in [1.54, 1.807) is 31.2 Å². The standard InChI is InChI=1S/C13H18FNO3/c1-3-17-10-7-5-9(6-8-10)12(15)11(14)13(16)18-4-2/h5-8,11-12H,3-4,15H2,1-2H3/t11?,12-/m0/s1. The van der Waals surface area contributed by atoms with Gasteiger partial charge in [-0.1, -0.05) is 12.1 Å². The summed E-state index contributed by atoms with van der Waals surface area (Å²) in [5, 5.41) is 0. The summed E-state index contributed by atoms with van der Waals surface area (Å²) in [6, 6.07) is 5.63. The quantitative estimate of drug-likeness (QED) is 0.790. The van der Waals surface area contributed by atoms with Crippen molar-refractivity contribution in [3.63, 3.8) is 0 Å². The van der Waals surface area contributed by atoms with Gasteiger partial charge in [-0.15, -0.1) is 0 Å². The normalized spacial score (nSPS) is 13.8. The van der Waals surface area contributed by atoms with Crippen LogP contribution in [0.2, 0.25) is 0 Å². The number of carbonyl (C=O) groups is 1. The van der Waals surface area contributed by atoms with Crippen LogP contribution in [0.3, 0.4) is 0 Å². The second-order valence-electron chi connectivity index (χ2n) is 3.68. The fourth-order valence-electron chi connectivity index (χ4n) is 1.49. The Balaban J connectivity index is 2.71. The van der Waals surface area contributed by atoms with E-state index in [1.807, 2.05) is 6.92 Å². The van der Waals surface area contributed by atoms with Gasteiger partial charge in [0, 0.05) is 0 Å². The number of esters is 1. The molecule has 0 saturated carbocycles. The molecule has 0 aliphatic carbocycles. The number of rotatable bonds is 6. The molecule has 2 N–H and O–H groups in total. The summed E-state index contributed by atoms with van der Waals surface area (Å²) in [5.41, 5.74) is 6.20. The van der Waals surface area contributed by atoms with Crippen molar-refractivity contribution in [1.29, 1.82) is 0 Å². The van der Waals surface area contributed by atoms with Crippen molar-refractivity contribution in [3.8, 4) is 5.75 Å². The Morgan fingerprint density at radius 1 is 1.28 bits per heavy atom. The number of nitrogens with two attached hydrogens (primary N) is 1. The smallest absolute Gasteiger partial charge is 0.342 e. The van der Waals surface area contributed by atoms with Crippen molar-refractivity contribution in [1.82, 2.24) is 0 Å². The van der Waals surface area contributed by atoms with Gasteiger partial charge in [-0.05, 0) is 31.5 Å². The molecule has 100 valence electrons. The highest BCUT2D eigenvalue weighted by Gasteiger charge is 2.27. The lowest BCUT2D eigenvalue weighted by molar-refractivity contribution is -0.149. The molecule has 0 radical (unpaired) electrons. The van der Waals surface area contributed by atoms with E-state index in [-0.39, 0.29) is 6.61 Å². The van der Waals surface area contributed by atoms with Crippen LogP contribution < -0.4 is 10.5 Å². The van der Waals surface area contributed by atoms with E-state index in [2.05, 4.69) is 4.74 Å². The first-order valence-electron chi connectivity index (χ1n) is 5.89. The third-order valence-electron chi connectivity index (χ3n) is 2.40. The van der Waals surface area contributed by atoms with E-state index in [4.69, 9.17) is 10.5 Å². The van der Waals surface area contributed by atoms with E-state index >= 15 is 0 Å². The minimum Gasteiger partial charge on any atom is -0.494 e. The Morgan fingerprint density at radius 2 is 1.89 bits per heavy atom. The lowest BCUT2D eigenvalue weighted by atomic mass is 10.0. The molecule has 0 aliphatic rings. The van der Waals surface area contributed by atoms with Crippen LogP contribution in [0.25, 0.3) is 0 Å². The molecule has 0 bridgehead atoms. The molecule has 0 heterocycles. The Kier molecular flexibility index (Phi) is 5.58. The van der Waals surface area contributed by atoms with Crippen LogP contribution >= 0.6 is 0 Å². The molecule has 4 nitrogen and oxygen atoms in total. The third kappa shape index (κ3) is 3.70. The maximum atomic E-state index is 13.7. The first kappa shape index (κ1) is 14.4. The number of benzene rings is 1. The van der Waals surface area contributed by atoms with Gasteiger partial charge in [0.2, 0.25) is 6.17 Å². The zero-order valence-electron chi connectivity index (χ0n) is 10.6. The van der Waals surface area contributed by atoms with E-state index in [1.165, 1.54) is 0 Å². The van der Waals surface area contributed by atoms with Gasteiger partial charge < -0.3 is 15.2 Å². The Labute approximate surface area is 106 Å². The molecule has 0 amide bonds. The van der Waals surface area contributed by atoms with E-state index < -0.39 is 18.2 Å². The van der Waals surface area contributed by atoms with Gasteiger partial charge in [0.15, 0.2) is 0 Å². The van der Waals surface area contributed by atoms with Crippen molar-refractivity contribution in [3.05, 3.63) is 29.8 Å². The number of halogens is 1. The van der Waals surface area contributed by atoms with E-state index in [9.17, 15) is 9.18 Å². The predicted molar refractivity (Wildman–Crippen MR) is 66.1 cm³/mol. The molecule has 1 rings (SSSR count). The molecule has 0 aliphatic heterocycles. The van der Waals surface area contributed by atoms with Gasteiger partial charge in [-0.3, -0.25) is 0 Å². The highest BCUT2D eigenvalue weighted by molar-refractivity contribution is 5.75. The van der Waals surface area contributed by atoms with Gasteiger partial charge in [0.1, 0.15) is 5.75 Å². The predicted octanol–water partition coefficient (Wildman–Crippen LogP) is 1.99.